The van der Waals surface area contributed by atoms with E-state index in [-0.39, 0.29) is 24.6 Å². The molecule has 2 saturated heterocycles. The molecule has 2 aliphatic heterocycles. The van der Waals surface area contributed by atoms with E-state index in [2.05, 4.69) is 13.8 Å². The minimum atomic E-state index is -0.467. The summed E-state index contributed by atoms with van der Waals surface area (Å²) in [7, 11) is 0. The van der Waals surface area contributed by atoms with Gasteiger partial charge in [-0.2, -0.15) is 0 Å². The lowest BCUT2D eigenvalue weighted by molar-refractivity contribution is -0.250. The van der Waals surface area contributed by atoms with Gasteiger partial charge in [-0.15, -0.1) is 0 Å². The third-order valence-electron chi connectivity index (χ3n) is 5.39. The van der Waals surface area contributed by atoms with Crippen molar-refractivity contribution in [3.05, 3.63) is 23.1 Å². The van der Waals surface area contributed by atoms with Gasteiger partial charge in [0.05, 0.1) is 19.0 Å². The number of rotatable bonds is 5. The summed E-state index contributed by atoms with van der Waals surface area (Å²) in [5.41, 5.74) is 0.847. The van der Waals surface area contributed by atoms with Crippen LogP contribution in [0.4, 0.5) is 0 Å². The first-order valence-electron chi connectivity index (χ1n) is 9.41. The molecule has 0 aromatic carbocycles. The van der Waals surface area contributed by atoms with Crippen molar-refractivity contribution in [1.82, 2.24) is 0 Å². The lowest BCUT2D eigenvalue weighted by Crippen LogP contribution is -2.40. The minimum absolute atomic E-state index is 0.0263. The molecule has 4 atom stereocenters. The second kappa shape index (κ2) is 7.20. The number of furan rings is 1. The molecular formula is C19H27ClO5. The minimum Gasteiger partial charge on any atom is -0.453 e. The van der Waals surface area contributed by atoms with E-state index in [1.165, 1.54) is 6.42 Å². The van der Waals surface area contributed by atoms with Crippen LogP contribution < -0.4 is 0 Å². The van der Waals surface area contributed by atoms with Crippen molar-refractivity contribution in [3.63, 3.8) is 0 Å². The Bertz CT molecular complexity index is 580. The molecule has 5 nitrogen and oxygen atoms in total. The van der Waals surface area contributed by atoms with Crippen LogP contribution in [0.3, 0.4) is 0 Å². The van der Waals surface area contributed by atoms with E-state index in [4.69, 9.17) is 35.0 Å². The Labute approximate surface area is 153 Å². The predicted molar refractivity (Wildman–Crippen MR) is 92.2 cm³/mol. The number of ether oxygens (including phenoxy) is 4. The Morgan fingerprint density at radius 3 is 2.72 bits per heavy atom. The quantitative estimate of drug-likeness (QED) is 0.754. The van der Waals surface area contributed by atoms with Crippen LogP contribution in [0.15, 0.2) is 16.7 Å². The van der Waals surface area contributed by atoms with E-state index in [0.29, 0.717) is 17.7 Å². The lowest BCUT2D eigenvalue weighted by Gasteiger charge is -2.34. The SMILES string of the molecule is CC(C)C[C@H]1O[C@@H]2OC3(CCCCC3)O[C@@H]2[C@H]1OCc1ccoc1Cl. The fraction of sp³-hybridized carbons (Fsp3) is 0.789. The van der Waals surface area contributed by atoms with Crippen LogP contribution in [0.25, 0.3) is 0 Å². The molecule has 0 N–H and O–H groups in total. The molecule has 0 unspecified atom stereocenters. The Kier molecular flexibility index (Phi) is 5.13. The standard InChI is InChI=1S/C19H27ClO5/c1-12(2)10-14-15(22-11-13-6-9-21-17(13)20)16-18(23-14)25-19(24-16)7-4-3-5-8-19/h6,9,12,14-16,18H,3-5,7-8,10-11H2,1-2H3/t14-,15+,16-,18-/m1/s1. The van der Waals surface area contributed by atoms with Crippen molar-refractivity contribution in [2.24, 2.45) is 5.92 Å². The Morgan fingerprint density at radius 2 is 2.04 bits per heavy atom. The molecule has 1 aliphatic carbocycles. The molecular weight excluding hydrogens is 344 g/mol. The van der Waals surface area contributed by atoms with Crippen LogP contribution in [0.2, 0.25) is 5.22 Å². The molecule has 25 heavy (non-hydrogen) atoms. The maximum Gasteiger partial charge on any atom is 0.198 e. The van der Waals surface area contributed by atoms with E-state index < -0.39 is 5.79 Å². The maximum atomic E-state index is 6.41. The summed E-state index contributed by atoms with van der Waals surface area (Å²) in [5, 5.41) is 0.378. The number of hydrogen-bond acceptors (Lipinski definition) is 5. The average Bonchev–Trinajstić information content (AvgIpc) is 3.20. The zero-order valence-corrected chi connectivity index (χ0v) is 15.7. The van der Waals surface area contributed by atoms with Crippen molar-refractivity contribution in [1.29, 1.82) is 0 Å². The van der Waals surface area contributed by atoms with Crippen molar-refractivity contribution in [2.45, 2.75) is 89.4 Å². The summed E-state index contributed by atoms with van der Waals surface area (Å²) in [5.74, 6) is 0.0433. The first kappa shape index (κ1) is 17.8. The first-order valence-corrected chi connectivity index (χ1v) is 9.79. The predicted octanol–water partition coefficient (Wildman–Crippen LogP) is 4.67. The summed E-state index contributed by atoms with van der Waals surface area (Å²) in [6.45, 7) is 4.76. The topological polar surface area (TPSA) is 50.1 Å². The van der Waals surface area contributed by atoms with Crippen LogP contribution in [0.1, 0.15) is 57.9 Å². The van der Waals surface area contributed by atoms with Crippen LogP contribution in [-0.4, -0.2) is 30.4 Å². The van der Waals surface area contributed by atoms with E-state index in [1.807, 2.05) is 6.07 Å². The molecule has 0 bridgehead atoms. The summed E-state index contributed by atoms with van der Waals surface area (Å²) < 4.78 is 30.2. The van der Waals surface area contributed by atoms with Crippen molar-refractivity contribution in [2.75, 3.05) is 0 Å². The van der Waals surface area contributed by atoms with Gasteiger partial charge in [-0.1, -0.05) is 20.3 Å². The molecule has 4 rings (SSSR count). The highest BCUT2D eigenvalue weighted by Gasteiger charge is 2.58. The van der Waals surface area contributed by atoms with Gasteiger partial charge in [0.25, 0.3) is 0 Å². The smallest absolute Gasteiger partial charge is 0.198 e. The second-order valence-electron chi connectivity index (χ2n) is 7.84. The highest BCUT2D eigenvalue weighted by atomic mass is 35.5. The molecule has 6 heteroatoms. The van der Waals surface area contributed by atoms with Gasteiger partial charge in [-0.3, -0.25) is 0 Å². The second-order valence-corrected chi connectivity index (χ2v) is 8.18. The third kappa shape index (κ3) is 3.62. The number of halogens is 1. The zero-order valence-electron chi connectivity index (χ0n) is 14.9. The molecule has 140 valence electrons. The zero-order chi connectivity index (χ0) is 17.4. The first-order chi connectivity index (χ1) is 12.1. The van der Waals surface area contributed by atoms with Gasteiger partial charge < -0.3 is 23.4 Å². The molecule has 3 aliphatic rings. The molecule has 1 saturated carbocycles. The van der Waals surface area contributed by atoms with Crippen molar-refractivity contribution in [3.8, 4) is 0 Å². The van der Waals surface area contributed by atoms with E-state index in [1.54, 1.807) is 6.26 Å². The normalized spacial score (nSPS) is 34.1. The Hall–Kier alpha value is -0.590. The van der Waals surface area contributed by atoms with Crippen LogP contribution in [-0.2, 0) is 25.6 Å². The molecule has 0 radical (unpaired) electrons. The third-order valence-corrected chi connectivity index (χ3v) is 5.72. The van der Waals surface area contributed by atoms with Crippen LogP contribution in [0.5, 0.6) is 0 Å². The summed E-state index contributed by atoms with van der Waals surface area (Å²) >= 11 is 6.04. The number of hydrogen-bond donors (Lipinski definition) is 0. The van der Waals surface area contributed by atoms with E-state index in [0.717, 1.165) is 37.7 Å². The highest BCUT2D eigenvalue weighted by Crippen LogP contribution is 2.46. The monoisotopic (exact) mass is 370 g/mol. The molecule has 1 aromatic heterocycles. The fourth-order valence-corrected chi connectivity index (χ4v) is 4.36. The molecule has 0 amide bonds. The van der Waals surface area contributed by atoms with Gasteiger partial charge in [-0.05, 0) is 42.8 Å². The van der Waals surface area contributed by atoms with Gasteiger partial charge in [0.15, 0.2) is 17.3 Å². The molecule has 1 aromatic rings. The largest absolute Gasteiger partial charge is 0.453 e. The molecule has 1 spiro atoms. The van der Waals surface area contributed by atoms with E-state index in [9.17, 15) is 0 Å². The van der Waals surface area contributed by atoms with Gasteiger partial charge in [0.2, 0.25) is 0 Å². The average molecular weight is 371 g/mol. The summed E-state index contributed by atoms with van der Waals surface area (Å²) in [4.78, 5) is 0. The van der Waals surface area contributed by atoms with Crippen molar-refractivity contribution < 1.29 is 23.4 Å². The molecule has 3 heterocycles. The van der Waals surface area contributed by atoms with E-state index >= 15 is 0 Å². The Balaban J connectivity index is 1.47. The van der Waals surface area contributed by atoms with Gasteiger partial charge in [0.1, 0.15) is 12.2 Å². The summed E-state index contributed by atoms with van der Waals surface area (Å²) in [6, 6.07) is 1.84. The van der Waals surface area contributed by atoms with Gasteiger partial charge in [-0.25, -0.2) is 0 Å². The lowest BCUT2D eigenvalue weighted by atomic mass is 9.94. The fourth-order valence-electron chi connectivity index (χ4n) is 4.19. The molecule has 3 fully saturated rings. The van der Waals surface area contributed by atoms with Crippen molar-refractivity contribution >= 4 is 11.6 Å². The van der Waals surface area contributed by atoms with Gasteiger partial charge >= 0.3 is 0 Å². The Morgan fingerprint density at radius 1 is 1.24 bits per heavy atom. The maximum absolute atomic E-state index is 6.41. The van der Waals surface area contributed by atoms with Crippen LogP contribution >= 0.6 is 11.6 Å². The summed E-state index contributed by atoms with van der Waals surface area (Å²) in [6.07, 6.45) is 7.23. The van der Waals surface area contributed by atoms with Crippen LogP contribution in [0, 0.1) is 5.92 Å². The van der Waals surface area contributed by atoms with Gasteiger partial charge in [0, 0.05) is 18.4 Å². The number of fused-ring (bicyclic) bond motifs is 1. The highest BCUT2D eigenvalue weighted by molar-refractivity contribution is 6.29.